The molecule has 1 heterocycles. The summed E-state index contributed by atoms with van der Waals surface area (Å²) in [6.45, 7) is 2.00. The van der Waals surface area contributed by atoms with Crippen molar-refractivity contribution in [3.63, 3.8) is 0 Å². The smallest absolute Gasteiger partial charge is 0.309 e. The van der Waals surface area contributed by atoms with Crippen LogP contribution in [0.5, 0.6) is 0 Å². The van der Waals surface area contributed by atoms with E-state index < -0.39 is 6.03 Å². The molecule has 0 bridgehead atoms. The van der Waals surface area contributed by atoms with Crippen LogP contribution < -0.4 is 17.2 Å². The molecule has 1 aromatic rings. The predicted octanol–water partition coefficient (Wildman–Crippen LogP) is -1.71. The van der Waals surface area contributed by atoms with Gasteiger partial charge in [-0.15, -0.1) is 10.2 Å². The number of rotatable bonds is 0. The lowest BCUT2D eigenvalue weighted by molar-refractivity contribution is -0.0979. The van der Waals surface area contributed by atoms with Gasteiger partial charge in [0.25, 0.3) is 0 Å². The molecule has 72 valence electrons. The monoisotopic (exact) mass is 186 g/mol. The Labute approximate surface area is 74.1 Å². The summed E-state index contributed by atoms with van der Waals surface area (Å²) in [6, 6.07) is 0.743. The van der Waals surface area contributed by atoms with E-state index in [0.29, 0.717) is 5.82 Å². The minimum Gasteiger partial charge on any atom is -0.382 e. The average molecular weight is 186 g/mol. The van der Waals surface area contributed by atoms with E-state index in [1.807, 2.05) is 6.79 Å². The highest BCUT2D eigenvalue weighted by Gasteiger charge is 1.76. The number of anilines is 1. The van der Waals surface area contributed by atoms with E-state index >= 15 is 0 Å². The Morgan fingerprint density at radius 2 is 1.85 bits per heavy atom. The summed E-state index contributed by atoms with van der Waals surface area (Å²) in [5, 5.41) is 10.1. The van der Waals surface area contributed by atoms with E-state index in [2.05, 4.69) is 26.9 Å². The van der Waals surface area contributed by atoms with Crippen LogP contribution in [0.15, 0.2) is 12.3 Å². The number of amides is 2. The summed E-state index contributed by atoms with van der Waals surface area (Å²) in [6.07, 6.45) is 1.49. The molecule has 13 heavy (non-hydrogen) atoms. The van der Waals surface area contributed by atoms with Crippen LogP contribution in [0.25, 0.3) is 0 Å². The molecular formula is C5H10N6O2. The van der Waals surface area contributed by atoms with Gasteiger partial charge in [-0.3, -0.25) is 0 Å². The highest BCUT2D eigenvalue weighted by Crippen LogP contribution is 1.83. The lowest BCUT2D eigenvalue weighted by Gasteiger charge is -1.80. The Bertz CT molecular complexity index is 224. The molecule has 0 aliphatic heterocycles. The van der Waals surface area contributed by atoms with Crippen molar-refractivity contribution in [2.75, 3.05) is 5.73 Å². The second-order valence-electron chi connectivity index (χ2n) is 1.45. The molecule has 1 aromatic heterocycles. The maximum absolute atomic E-state index is 9.00. The number of urea groups is 1. The molecule has 0 unspecified atom stereocenters. The van der Waals surface area contributed by atoms with Crippen molar-refractivity contribution < 1.29 is 9.59 Å². The lowest BCUT2D eigenvalue weighted by atomic mass is 10.6. The fraction of sp³-hybridized carbons (Fsp3) is 0. The third-order valence-electron chi connectivity index (χ3n) is 0.524. The molecule has 0 aliphatic rings. The van der Waals surface area contributed by atoms with Gasteiger partial charge in [0.2, 0.25) is 0 Å². The summed E-state index contributed by atoms with van der Waals surface area (Å²) in [5.41, 5.74) is 13.6. The van der Waals surface area contributed by atoms with Gasteiger partial charge < -0.3 is 22.0 Å². The molecule has 8 heteroatoms. The summed E-state index contributed by atoms with van der Waals surface area (Å²) < 4.78 is 0. The molecule has 0 radical (unpaired) electrons. The molecule has 8 nitrogen and oxygen atoms in total. The van der Waals surface area contributed by atoms with E-state index in [1.54, 1.807) is 6.07 Å². The molecule has 0 saturated heterocycles. The van der Waals surface area contributed by atoms with Crippen molar-refractivity contribution in [2.45, 2.75) is 0 Å². The zero-order valence-corrected chi connectivity index (χ0v) is 6.75. The zero-order valence-electron chi connectivity index (χ0n) is 6.75. The molecule has 0 aliphatic carbocycles. The van der Waals surface area contributed by atoms with Crippen molar-refractivity contribution in [1.29, 1.82) is 0 Å². The number of hydrogen-bond acceptors (Lipinski definition) is 6. The molecule has 0 fully saturated rings. The quantitative estimate of drug-likeness (QED) is 0.438. The summed E-state index contributed by atoms with van der Waals surface area (Å²) in [7, 11) is 0. The number of nitrogen functional groups attached to an aromatic ring is 1. The molecule has 1 rings (SSSR count). The normalized spacial score (nSPS) is 6.77. The fourth-order valence-electron chi connectivity index (χ4n) is 0.250. The van der Waals surface area contributed by atoms with Crippen LogP contribution in [0, 0.1) is 0 Å². The van der Waals surface area contributed by atoms with E-state index in [4.69, 9.17) is 15.3 Å². The minimum absolute atomic E-state index is 0.398. The van der Waals surface area contributed by atoms with E-state index in [9.17, 15) is 0 Å². The molecular weight excluding hydrogens is 176 g/mol. The largest absolute Gasteiger partial charge is 0.382 e. The van der Waals surface area contributed by atoms with Crippen LogP contribution >= 0.6 is 0 Å². The van der Waals surface area contributed by atoms with Gasteiger partial charge in [0.1, 0.15) is 12.6 Å². The van der Waals surface area contributed by atoms with Gasteiger partial charge in [0, 0.05) is 6.07 Å². The maximum atomic E-state index is 9.00. The van der Waals surface area contributed by atoms with Gasteiger partial charge in [-0.2, -0.15) is 0 Å². The number of nitrogens with zero attached hydrogens (tertiary/aromatic N) is 3. The van der Waals surface area contributed by atoms with Crippen molar-refractivity contribution in [3.8, 4) is 0 Å². The first-order chi connectivity index (χ1) is 6.13. The molecule has 0 spiro atoms. The Balaban J connectivity index is 0. The predicted molar refractivity (Wildman–Crippen MR) is 45.1 cm³/mol. The van der Waals surface area contributed by atoms with Crippen LogP contribution in [0.2, 0.25) is 0 Å². The van der Waals surface area contributed by atoms with Crippen LogP contribution in [-0.4, -0.2) is 28.2 Å². The van der Waals surface area contributed by atoms with Crippen LogP contribution in [-0.2, 0) is 4.79 Å². The summed E-state index contributed by atoms with van der Waals surface area (Å²) >= 11 is 0. The molecule has 0 atom stereocenters. The number of nitrogens with two attached hydrogens (primary N) is 3. The molecule has 2 amide bonds. The SMILES string of the molecule is C=O.NC(N)=O.Nc1ccnnn1. The summed E-state index contributed by atoms with van der Waals surface area (Å²) in [4.78, 5) is 17.0. The molecule has 0 aromatic carbocycles. The topological polar surface area (TPSA) is 151 Å². The third-order valence-corrected chi connectivity index (χ3v) is 0.524. The Morgan fingerprint density at radius 3 is 2.00 bits per heavy atom. The van der Waals surface area contributed by atoms with Crippen LogP contribution in [0.4, 0.5) is 10.6 Å². The van der Waals surface area contributed by atoms with Gasteiger partial charge in [-0.25, -0.2) is 4.79 Å². The number of primary amides is 2. The van der Waals surface area contributed by atoms with Gasteiger partial charge in [0.15, 0.2) is 0 Å². The highest BCUT2D eigenvalue weighted by atomic mass is 16.2. The average Bonchev–Trinajstić information content (AvgIpc) is 2.08. The highest BCUT2D eigenvalue weighted by molar-refractivity contribution is 5.69. The first-order valence-corrected chi connectivity index (χ1v) is 2.86. The first kappa shape index (κ1) is 13.3. The number of carbonyl (C=O) groups excluding carboxylic acids is 2. The Morgan fingerprint density at radius 1 is 1.38 bits per heavy atom. The van der Waals surface area contributed by atoms with Crippen molar-refractivity contribution >= 4 is 18.6 Å². The molecule has 0 saturated carbocycles. The first-order valence-electron chi connectivity index (χ1n) is 2.86. The molecule has 6 N–H and O–H groups in total. The van der Waals surface area contributed by atoms with Crippen LogP contribution in [0.3, 0.4) is 0 Å². The zero-order chi connectivity index (χ0) is 10.7. The van der Waals surface area contributed by atoms with Crippen molar-refractivity contribution in [2.24, 2.45) is 11.5 Å². The van der Waals surface area contributed by atoms with Crippen molar-refractivity contribution in [3.05, 3.63) is 12.3 Å². The minimum atomic E-state index is -0.833. The van der Waals surface area contributed by atoms with E-state index in [-0.39, 0.29) is 0 Å². The fourth-order valence-corrected chi connectivity index (χ4v) is 0.250. The van der Waals surface area contributed by atoms with E-state index in [0.717, 1.165) is 0 Å². The van der Waals surface area contributed by atoms with E-state index in [1.165, 1.54) is 6.20 Å². The Hall–Kier alpha value is -2.25. The van der Waals surface area contributed by atoms with Gasteiger partial charge in [0.05, 0.1) is 6.20 Å². The maximum Gasteiger partial charge on any atom is 0.309 e. The Kier molecular flexibility index (Phi) is 10.0. The standard InChI is InChI=1S/C3H4N4.CH4N2O.CH2O/c4-3-1-2-5-7-6-3;2-1(3)4;1-2/h1-2H,(H2,4,5,6);(H4,2,3,4);1H2. The number of hydrogen-bond donors (Lipinski definition) is 3. The second kappa shape index (κ2) is 9.75. The van der Waals surface area contributed by atoms with Gasteiger partial charge in [-0.05, 0) is 5.21 Å². The third kappa shape index (κ3) is 17.7. The van der Waals surface area contributed by atoms with Crippen LogP contribution in [0.1, 0.15) is 0 Å². The lowest BCUT2D eigenvalue weighted by Crippen LogP contribution is -2.18. The number of aromatic nitrogens is 3. The van der Waals surface area contributed by atoms with Crippen molar-refractivity contribution in [1.82, 2.24) is 15.4 Å². The second-order valence-corrected chi connectivity index (χ2v) is 1.45. The summed E-state index contributed by atoms with van der Waals surface area (Å²) in [5.74, 6) is 0.398. The van der Waals surface area contributed by atoms with Gasteiger partial charge >= 0.3 is 6.03 Å². The van der Waals surface area contributed by atoms with Gasteiger partial charge in [-0.1, -0.05) is 0 Å². The number of carbonyl (C=O) groups is 2.